The van der Waals surface area contributed by atoms with Gasteiger partial charge in [-0.05, 0) is 50.5 Å². The van der Waals surface area contributed by atoms with Crippen LogP contribution in [0.15, 0.2) is 36.4 Å². The SMILES string of the molecule is Cc1ccc(C(=O)Nc2ccc3c(c2)C(=O)N2CCCCC2CCO3)cc1[N+](=O)[O-]. The Morgan fingerprint density at radius 3 is 2.83 bits per heavy atom. The number of rotatable bonds is 3. The Labute approximate surface area is 174 Å². The third kappa shape index (κ3) is 3.85. The predicted molar refractivity (Wildman–Crippen MR) is 111 cm³/mol. The number of fused-ring (bicyclic) bond motifs is 2. The topological polar surface area (TPSA) is 102 Å². The molecule has 1 fully saturated rings. The van der Waals surface area contributed by atoms with Crippen LogP contribution in [0.3, 0.4) is 0 Å². The van der Waals surface area contributed by atoms with Gasteiger partial charge in [-0.3, -0.25) is 19.7 Å². The van der Waals surface area contributed by atoms with Crippen molar-refractivity contribution in [1.82, 2.24) is 4.90 Å². The zero-order chi connectivity index (χ0) is 21.3. The van der Waals surface area contributed by atoms with Crippen LogP contribution in [-0.2, 0) is 0 Å². The van der Waals surface area contributed by atoms with Gasteiger partial charge in [-0.25, -0.2) is 0 Å². The Morgan fingerprint density at radius 2 is 2.03 bits per heavy atom. The Hall–Kier alpha value is -3.42. The molecule has 8 nitrogen and oxygen atoms in total. The highest BCUT2D eigenvalue weighted by Gasteiger charge is 2.31. The smallest absolute Gasteiger partial charge is 0.273 e. The number of nitrogens with one attached hydrogen (secondary N) is 1. The lowest BCUT2D eigenvalue weighted by Crippen LogP contribution is -2.45. The average molecular weight is 409 g/mol. The van der Waals surface area contributed by atoms with Crippen LogP contribution in [0.4, 0.5) is 11.4 Å². The summed E-state index contributed by atoms with van der Waals surface area (Å²) >= 11 is 0. The number of nitro benzene ring substituents is 1. The van der Waals surface area contributed by atoms with E-state index in [9.17, 15) is 19.7 Å². The number of aryl methyl sites for hydroxylation is 1. The van der Waals surface area contributed by atoms with Gasteiger partial charge >= 0.3 is 0 Å². The van der Waals surface area contributed by atoms with Gasteiger partial charge in [-0.15, -0.1) is 0 Å². The summed E-state index contributed by atoms with van der Waals surface area (Å²) in [6.07, 6.45) is 3.89. The molecule has 8 heteroatoms. The molecule has 0 spiro atoms. The van der Waals surface area contributed by atoms with E-state index in [0.29, 0.717) is 29.2 Å². The molecule has 2 heterocycles. The lowest BCUT2D eigenvalue weighted by molar-refractivity contribution is -0.385. The van der Waals surface area contributed by atoms with Gasteiger partial charge < -0.3 is 15.0 Å². The number of ether oxygens (including phenoxy) is 1. The Balaban J connectivity index is 1.59. The monoisotopic (exact) mass is 409 g/mol. The predicted octanol–water partition coefficient (Wildman–Crippen LogP) is 3.93. The second-order valence-electron chi connectivity index (χ2n) is 7.71. The highest BCUT2D eigenvalue weighted by atomic mass is 16.6. The highest BCUT2D eigenvalue weighted by molar-refractivity contribution is 6.06. The first-order valence-corrected chi connectivity index (χ1v) is 10.1. The lowest BCUT2D eigenvalue weighted by Gasteiger charge is -2.37. The van der Waals surface area contributed by atoms with Gasteiger partial charge in [0.1, 0.15) is 5.75 Å². The van der Waals surface area contributed by atoms with Gasteiger partial charge in [0.05, 0.1) is 17.1 Å². The quantitative estimate of drug-likeness (QED) is 0.611. The van der Waals surface area contributed by atoms with Crippen LogP contribution in [0.5, 0.6) is 5.75 Å². The molecule has 1 unspecified atom stereocenters. The molecule has 1 atom stereocenters. The average Bonchev–Trinajstić information content (AvgIpc) is 2.73. The van der Waals surface area contributed by atoms with Crippen LogP contribution in [0, 0.1) is 17.0 Å². The largest absolute Gasteiger partial charge is 0.493 e. The first-order chi connectivity index (χ1) is 14.4. The molecule has 0 saturated carbocycles. The number of hydrogen-bond donors (Lipinski definition) is 1. The van der Waals surface area contributed by atoms with E-state index in [1.54, 1.807) is 31.2 Å². The fraction of sp³-hybridized carbons (Fsp3) is 0.364. The summed E-state index contributed by atoms with van der Waals surface area (Å²) in [4.78, 5) is 38.3. The number of benzene rings is 2. The molecule has 4 rings (SSSR count). The van der Waals surface area contributed by atoms with Crippen molar-refractivity contribution >= 4 is 23.2 Å². The fourth-order valence-corrected chi connectivity index (χ4v) is 4.08. The Kier molecular flexibility index (Phi) is 5.39. The lowest BCUT2D eigenvalue weighted by atomic mass is 9.97. The molecular formula is C22H23N3O5. The molecule has 1 saturated heterocycles. The van der Waals surface area contributed by atoms with E-state index in [0.717, 1.165) is 32.2 Å². The van der Waals surface area contributed by atoms with Crippen molar-refractivity contribution in [3.8, 4) is 5.75 Å². The van der Waals surface area contributed by atoms with Crippen LogP contribution in [0.1, 0.15) is 52.0 Å². The second-order valence-corrected chi connectivity index (χ2v) is 7.71. The summed E-state index contributed by atoms with van der Waals surface area (Å²) in [5, 5.41) is 13.9. The zero-order valence-electron chi connectivity index (χ0n) is 16.7. The number of nitrogens with zero attached hydrogens (tertiary/aromatic N) is 2. The number of hydrogen-bond acceptors (Lipinski definition) is 5. The van der Waals surface area contributed by atoms with Crippen molar-refractivity contribution in [1.29, 1.82) is 0 Å². The summed E-state index contributed by atoms with van der Waals surface area (Å²) in [5.41, 5.74) is 1.41. The van der Waals surface area contributed by atoms with Gasteiger partial charge in [-0.1, -0.05) is 6.07 Å². The van der Waals surface area contributed by atoms with Crippen molar-refractivity contribution in [2.75, 3.05) is 18.5 Å². The fourth-order valence-electron chi connectivity index (χ4n) is 4.08. The highest BCUT2D eigenvalue weighted by Crippen LogP contribution is 2.31. The zero-order valence-corrected chi connectivity index (χ0v) is 16.7. The van der Waals surface area contributed by atoms with Gasteiger partial charge in [0, 0.05) is 41.9 Å². The molecule has 30 heavy (non-hydrogen) atoms. The van der Waals surface area contributed by atoms with E-state index in [2.05, 4.69) is 5.32 Å². The third-order valence-corrected chi connectivity index (χ3v) is 5.73. The second kappa shape index (κ2) is 8.14. The first kappa shape index (κ1) is 19.9. The molecule has 0 radical (unpaired) electrons. The van der Waals surface area contributed by atoms with Crippen molar-refractivity contribution in [3.63, 3.8) is 0 Å². The van der Waals surface area contributed by atoms with Crippen molar-refractivity contribution in [2.24, 2.45) is 0 Å². The Morgan fingerprint density at radius 1 is 1.20 bits per heavy atom. The molecule has 2 aromatic carbocycles. The number of anilines is 1. The van der Waals surface area contributed by atoms with Gasteiger partial charge in [0.25, 0.3) is 17.5 Å². The van der Waals surface area contributed by atoms with Crippen LogP contribution >= 0.6 is 0 Å². The third-order valence-electron chi connectivity index (χ3n) is 5.73. The van der Waals surface area contributed by atoms with Crippen molar-refractivity contribution in [3.05, 3.63) is 63.2 Å². The molecule has 2 aromatic rings. The molecule has 2 amide bonds. The van der Waals surface area contributed by atoms with E-state index < -0.39 is 10.8 Å². The van der Waals surface area contributed by atoms with Crippen LogP contribution in [0.25, 0.3) is 0 Å². The minimum atomic E-state index is -0.511. The summed E-state index contributed by atoms with van der Waals surface area (Å²) < 4.78 is 5.81. The van der Waals surface area contributed by atoms with E-state index in [4.69, 9.17) is 4.74 Å². The molecule has 0 aromatic heterocycles. The number of piperidine rings is 1. The van der Waals surface area contributed by atoms with E-state index in [1.165, 1.54) is 12.1 Å². The molecule has 2 aliphatic rings. The van der Waals surface area contributed by atoms with Crippen LogP contribution in [-0.4, -0.2) is 40.8 Å². The minimum Gasteiger partial charge on any atom is -0.493 e. The minimum absolute atomic E-state index is 0.0866. The summed E-state index contributed by atoms with van der Waals surface area (Å²) in [6.45, 7) is 2.89. The van der Waals surface area contributed by atoms with E-state index in [-0.39, 0.29) is 23.2 Å². The number of amides is 2. The van der Waals surface area contributed by atoms with Crippen LogP contribution in [0.2, 0.25) is 0 Å². The van der Waals surface area contributed by atoms with Crippen molar-refractivity contribution < 1.29 is 19.2 Å². The molecule has 156 valence electrons. The summed E-state index contributed by atoms with van der Waals surface area (Å²) in [6, 6.07) is 9.50. The number of carbonyl (C=O) groups excluding carboxylic acids is 2. The standard InChI is InChI=1S/C22H23N3O5/c1-14-5-6-15(12-19(14)25(28)29)21(26)23-16-7-8-20-18(13-16)22(27)24-10-3-2-4-17(24)9-11-30-20/h5-8,12-13,17H,2-4,9-11H2,1H3,(H,23,26). The Bertz CT molecular complexity index is 1020. The molecule has 1 N–H and O–H groups in total. The molecule has 2 aliphatic heterocycles. The summed E-state index contributed by atoms with van der Waals surface area (Å²) in [5.74, 6) is -0.0578. The number of nitro groups is 1. The normalized spacial score (nSPS) is 18.4. The van der Waals surface area contributed by atoms with E-state index in [1.807, 2.05) is 4.90 Å². The van der Waals surface area contributed by atoms with Crippen LogP contribution < -0.4 is 10.1 Å². The molecule has 0 bridgehead atoms. The van der Waals surface area contributed by atoms with E-state index >= 15 is 0 Å². The number of carbonyl (C=O) groups is 2. The molecule has 0 aliphatic carbocycles. The van der Waals surface area contributed by atoms with Gasteiger partial charge in [0.2, 0.25) is 0 Å². The maximum Gasteiger partial charge on any atom is 0.273 e. The first-order valence-electron chi connectivity index (χ1n) is 10.1. The van der Waals surface area contributed by atoms with Gasteiger partial charge in [-0.2, -0.15) is 0 Å². The van der Waals surface area contributed by atoms with Gasteiger partial charge in [0.15, 0.2) is 0 Å². The molecular weight excluding hydrogens is 386 g/mol. The summed E-state index contributed by atoms with van der Waals surface area (Å²) in [7, 11) is 0. The maximum atomic E-state index is 13.1. The van der Waals surface area contributed by atoms with Crippen molar-refractivity contribution in [2.45, 2.75) is 38.6 Å². The maximum absolute atomic E-state index is 13.1.